The predicted octanol–water partition coefficient (Wildman–Crippen LogP) is 6.86. The molecule has 4 nitrogen and oxygen atoms in total. The molecule has 0 saturated heterocycles. The summed E-state index contributed by atoms with van der Waals surface area (Å²) in [5, 5.41) is 21.1. The van der Waals surface area contributed by atoms with E-state index in [1.165, 1.54) is 5.57 Å². The minimum Gasteiger partial charge on any atom is -0.481 e. The summed E-state index contributed by atoms with van der Waals surface area (Å²) in [6.07, 6.45) is 12.8. The summed E-state index contributed by atoms with van der Waals surface area (Å²) < 4.78 is 5.94. The Morgan fingerprint density at radius 1 is 0.971 bits per heavy atom. The van der Waals surface area contributed by atoms with Crippen LogP contribution in [-0.4, -0.2) is 36.0 Å². The second-order valence-electron chi connectivity index (χ2n) is 15.1. The van der Waals surface area contributed by atoms with E-state index in [1.54, 1.807) is 0 Å². The van der Waals surface area contributed by atoms with Gasteiger partial charge in [0.05, 0.1) is 18.1 Å². The zero-order valence-electron chi connectivity index (χ0n) is 23.4. The number of rotatable bonds is 3. The summed E-state index contributed by atoms with van der Waals surface area (Å²) >= 11 is 0. The van der Waals surface area contributed by atoms with Crippen molar-refractivity contribution < 1.29 is 19.7 Å². The number of ether oxygens (including phenoxy) is 1. The van der Waals surface area contributed by atoms with Gasteiger partial charge in [-0.1, -0.05) is 53.2 Å². The number of aliphatic hydroxyl groups excluding tert-OH is 1. The fourth-order valence-corrected chi connectivity index (χ4v) is 11.0. The molecule has 0 aromatic rings. The van der Waals surface area contributed by atoms with Gasteiger partial charge in [-0.2, -0.15) is 0 Å². The fourth-order valence-electron chi connectivity index (χ4n) is 11.0. The number of aliphatic carboxylic acids is 1. The summed E-state index contributed by atoms with van der Waals surface area (Å²) in [4.78, 5) is 12.8. The van der Waals surface area contributed by atoms with E-state index < -0.39 is 11.4 Å². The van der Waals surface area contributed by atoms with Crippen molar-refractivity contribution in [3.8, 4) is 0 Å². The highest BCUT2D eigenvalue weighted by atomic mass is 16.5. The van der Waals surface area contributed by atoms with Crippen molar-refractivity contribution in [2.24, 2.45) is 50.2 Å². The molecule has 0 aliphatic heterocycles. The van der Waals surface area contributed by atoms with Crippen LogP contribution < -0.4 is 0 Å². The molecule has 4 heteroatoms. The van der Waals surface area contributed by atoms with Crippen molar-refractivity contribution in [3.63, 3.8) is 0 Å². The van der Waals surface area contributed by atoms with Crippen LogP contribution >= 0.6 is 0 Å². The maximum Gasteiger partial charge on any atom is 0.310 e. The number of hydrogen-bond acceptors (Lipinski definition) is 3. The Bertz CT molecular complexity index is 923. The Morgan fingerprint density at radius 3 is 2.29 bits per heavy atom. The second kappa shape index (κ2) is 7.82. The minimum absolute atomic E-state index is 0.0503. The van der Waals surface area contributed by atoms with Gasteiger partial charge < -0.3 is 14.9 Å². The lowest BCUT2D eigenvalue weighted by molar-refractivity contribution is -0.220. The quantitative estimate of drug-likeness (QED) is 0.428. The Morgan fingerprint density at radius 2 is 1.66 bits per heavy atom. The van der Waals surface area contributed by atoms with Gasteiger partial charge in [-0.15, -0.1) is 0 Å². The van der Waals surface area contributed by atoms with Crippen LogP contribution in [0.5, 0.6) is 0 Å². The van der Waals surface area contributed by atoms with Crippen molar-refractivity contribution in [1.29, 1.82) is 0 Å². The lowest BCUT2D eigenvalue weighted by Crippen LogP contribution is -2.66. The van der Waals surface area contributed by atoms with E-state index in [-0.39, 0.29) is 45.7 Å². The van der Waals surface area contributed by atoms with Crippen molar-refractivity contribution in [3.05, 3.63) is 11.6 Å². The first-order chi connectivity index (χ1) is 16.2. The molecule has 3 unspecified atom stereocenters. The van der Waals surface area contributed by atoms with Crippen LogP contribution in [0.2, 0.25) is 0 Å². The van der Waals surface area contributed by atoms with E-state index in [4.69, 9.17) is 4.74 Å². The molecule has 0 amide bonds. The molecule has 9 atom stereocenters. The lowest BCUT2D eigenvalue weighted by atomic mass is 9.33. The number of aliphatic hydroxyl groups is 1. The average molecular weight is 487 g/mol. The van der Waals surface area contributed by atoms with Crippen molar-refractivity contribution in [2.75, 3.05) is 13.7 Å². The molecule has 0 aromatic heterocycles. The molecule has 35 heavy (non-hydrogen) atoms. The van der Waals surface area contributed by atoms with Crippen LogP contribution in [0.3, 0.4) is 0 Å². The highest BCUT2D eigenvalue weighted by Crippen LogP contribution is 2.75. The van der Waals surface area contributed by atoms with Crippen LogP contribution in [0.1, 0.15) is 106 Å². The van der Waals surface area contributed by atoms with Gasteiger partial charge >= 0.3 is 5.97 Å². The van der Waals surface area contributed by atoms with Gasteiger partial charge in [-0.3, -0.25) is 4.79 Å². The normalized spacial score (nSPS) is 52.9. The van der Waals surface area contributed by atoms with E-state index in [0.29, 0.717) is 11.8 Å². The number of allylic oxidation sites excluding steroid dienone is 2. The average Bonchev–Trinajstić information content (AvgIpc) is 2.79. The first-order valence-electron chi connectivity index (χ1n) is 14.3. The fraction of sp³-hybridized carbons (Fsp3) is 0.903. The molecular weight excluding hydrogens is 436 g/mol. The van der Waals surface area contributed by atoms with Gasteiger partial charge in [0.1, 0.15) is 0 Å². The largest absolute Gasteiger partial charge is 0.481 e. The molecule has 0 heterocycles. The van der Waals surface area contributed by atoms with Crippen LogP contribution in [0.15, 0.2) is 11.6 Å². The lowest BCUT2D eigenvalue weighted by Gasteiger charge is -2.71. The molecule has 0 spiro atoms. The zero-order chi connectivity index (χ0) is 25.7. The Hall–Kier alpha value is -0.870. The monoisotopic (exact) mass is 486 g/mol. The number of methoxy groups -OCH3 is 1. The maximum atomic E-state index is 12.8. The molecule has 198 valence electrons. The highest BCUT2D eigenvalue weighted by molar-refractivity contribution is 5.76. The zero-order valence-corrected chi connectivity index (χ0v) is 23.4. The number of hydrogen-bond donors (Lipinski definition) is 2. The van der Waals surface area contributed by atoms with Crippen molar-refractivity contribution >= 4 is 5.97 Å². The number of fused-ring (bicyclic) bond motifs is 7. The third kappa shape index (κ3) is 3.14. The van der Waals surface area contributed by atoms with Crippen molar-refractivity contribution in [2.45, 2.75) is 112 Å². The van der Waals surface area contributed by atoms with E-state index in [9.17, 15) is 15.0 Å². The highest BCUT2D eigenvalue weighted by Gasteiger charge is 2.69. The number of carboxylic acid groups (broad SMARTS) is 1. The van der Waals surface area contributed by atoms with Crippen LogP contribution in [-0.2, 0) is 9.53 Å². The summed E-state index contributed by atoms with van der Waals surface area (Å²) in [5.41, 5.74) is 1.29. The van der Waals surface area contributed by atoms with Gasteiger partial charge in [0, 0.05) is 12.5 Å². The molecule has 0 aromatic carbocycles. The summed E-state index contributed by atoms with van der Waals surface area (Å²) in [5.74, 6) is 0.615. The van der Waals surface area contributed by atoms with E-state index in [2.05, 4.69) is 47.6 Å². The third-order valence-electron chi connectivity index (χ3n) is 13.4. The second-order valence-corrected chi connectivity index (χ2v) is 15.1. The SMILES string of the molecule is CO[C@H]1CC[C@@]2(C)C(CC[C@]3(C)C2CC=C2C4CC(C)(C)CC[C@]4(C(=O)O)CC[C@]23C)[C@]1(C)CO. The predicted molar refractivity (Wildman–Crippen MR) is 139 cm³/mol. The topological polar surface area (TPSA) is 66.8 Å². The smallest absolute Gasteiger partial charge is 0.310 e. The van der Waals surface area contributed by atoms with E-state index in [1.807, 2.05) is 7.11 Å². The Kier molecular flexibility index (Phi) is 5.76. The summed E-state index contributed by atoms with van der Waals surface area (Å²) in [6, 6.07) is 0. The van der Waals surface area contributed by atoms with Gasteiger partial charge in [-0.25, -0.2) is 0 Å². The Balaban J connectivity index is 1.59. The third-order valence-corrected chi connectivity index (χ3v) is 13.4. The first kappa shape index (κ1) is 25.8. The van der Waals surface area contributed by atoms with Gasteiger partial charge in [0.25, 0.3) is 0 Å². The van der Waals surface area contributed by atoms with Crippen molar-refractivity contribution in [1.82, 2.24) is 0 Å². The van der Waals surface area contributed by atoms with Crippen LogP contribution in [0.25, 0.3) is 0 Å². The van der Waals surface area contributed by atoms with E-state index in [0.717, 1.165) is 64.2 Å². The minimum atomic E-state index is -0.572. The number of carbonyl (C=O) groups is 1. The maximum absolute atomic E-state index is 12.8. The molecule has 0 bridgehead atoms. The van der Waals surface area contributed by atoms with E-state index >= 15 is 0 Å². The molecule has 4 saturated carbocycles. The molecule has 5 aliphatic rings. The van der Waals surface area contributed by atoms with Crippen LogP contribution in [0, 0.1) is 50.2 Å². The van der Waals surface area contributed by atoms with Crippen LogP contribution in [0.4, 0.5) is 0 Å². The Labute approximate surface area is 213 Å². The summed E-state index contributed by atoms with van der Waals surface area (Å²) in [7, 11) is 1.81. The molecule has 5 rings (SSSR count). The number of carboxylic acids is 1. The van der Waals surface area contributed by atoms with Gasteiger partial charge in [0.2, 0.25) is 0 Å². The first-order valence-corrected chi connectivity index (χ1v) is 14.3. The molecule has 5 aliphatic carbocycles. The van der Waals surface area contributed by atoms with Gasteiger partial charge in [0.15, 0.2) is 0 Å². The standard InChI is InChI=1S/C31H50O4/c1-26(2)14-16-31(25(33)34)17-15-29(5)20(21(31)18-26)8-9-23-27(3)12-11-24(35-7)28(4,19-32)22(27)10-13-30(23,29)6/h8,21-24,32H,9-19H2,1-7H3,(H,33,34)/t21?,22?,23?,24-,27-,28-,29+,30+,31-/m0/s1. The molecule has 0 radical (unpaired) electrons. The summed E-state index contributed by atoms with van der Waals surface area (Å²) in [6.45, 7) is 14.7. The molecule has 4 fully saturated rings. The molecule has 2 N–H and O–H groups in total. The van der Waals surface area contributed by atoms with Gasteiger partial charge in [-0.05, 0) is 104 Å². The molecular formula is C31H50O4.